The zero-order chi connectivity index (χ0) is 11.7. The molecule has 1 aromatic rings. The van der Waals surface area contributed by atoms with E-state index in [2.05, 4.69) is 38.1 Å². The first-order chi connectivity index (χ1) is 7.06. The first-order valence-electron chi connectivity index (χ1n) is 5.31. The molecule has 1 aromatic carbocycles. The number of hydrogen-bond donors (Lipinski definition) is 1. The van der Waals surface area contributed by atoms with E-state index in [-0.39, 0.29) is 0 Å². The molecular weight excluding hydrogens is 188 g/mol. The molecule has 0 saturated carbocycles. The number of aryl methyl sites for hydroxylation is 2. The van der Waals surface area contributed by atoms with Gasteiger partial charge in [-0.1, -0.05) is 48.7 Å². The molecular formula is C13H20O2. The molecule has 0 aliphatic rings. The van der Waals surface area contributed by atoms with Gasteiger partial charge in [-0.25, -0.2) is 0 Å². The van der Waals surface area contributed by atoms with Gasteiger partial charge in [-0.15, -0.1) is 0 Å². The fourth-order valence-electron chi connectivity index (χ4n) is 0.965. The van der Waals surface area contributed by atoms with E-state index in [1.165, 1.54) is 11.1 Å². The molecule has 2 nitrogen and oxygen atoms in total. The van der Waals surface area contributed by atoms with Gasteiger partial charge in [-0.3, -0.25) is 4.79 Å². The number of carboxylic acid groups (broad SMARTS) is 1. The molecule has 1 rings (SSSR count). The highest BCUT2D eigenvalue weighted by Gasteiger charge is 1.90. The largest absolute Gasteiger partial charge is 0.481 e. The van der Waals surface area contributed by atoms with Crippen LogP contribution in [0.5, 0.6) is 0 Å². The quantitative estimate of drug-likeness (QED) is 0.824. The maximum Gasteiger partial charge on any atom is 0.303 e. The van der Waals surface area contributed by atoms with Crippen molar-refractivity contribution in [1.82, 2.24) is 0 Å². The Morgan fingerprint density at radius 2 is 1.53 bits per heavy atom. The molecule has 0 unspecified atom stereocenters. The molecule has 0 atom stereocenters. The third-order valence-corrected chi connectivity index (χ3v) is 1.96. The van der Waals surface area contributed by atoms with E-state index < -0.39 is 5.97 Å². The topological polar surface area (TPSA) is 37.3 Å². The first kappa shape index (κ1) is 13.7. The minimum Gasteiger partial charge on any atom is -0.481 e. The molecule has 0 aliphatic heterocycles. The van der Waals surface area contributed by atoms with Crippen molar-refractivity contribution < 1.29 is 9.90 Å². The average Bonchev–Trinajstić information content (AvgIpc) is 2.20. The Hall–Kier alpha value is -1.31. The summed E-state index contributed by atoms with van der Waals surface area (Å²) < 4.78 is 0. The number of carbonyl (C=O) groups is 1. The lowest BCUT2D eigenvalue weighted by Gasteiger charge is -1.90. The molecule has 1 N–H and O–H groups in total. The summed E-state index contributed by atoms with van der Waals surface area (Å²) in [6.45, 7) is 6.17. The van der Waals surface area contributed by atoms with Gasteiger partial charge >= 0.3 is 5.97 Å². The summed E-state index contributed by atoms with van der Waals surface area (Å²) in [5.41, 5.74) is 2.66. The number of hydrogen-bond acceptors (Lipinski definition) is 1. The molecule has 0 amide bonds. The van der Waals surface area contributed by atoms with Gasteiger partial charge in [0.25, 0.3) is 0 Å². The van der Waals surface area contributed by atoms with Crippen LogP contribution in [0.4, 0.5) is 0 Å². The van der Waals surface area contributed by atoms with Gasteiger partial charge in [0, 0.05) is 6.42 Å². The lowest BCUT2D eigenvalue weighted by molar-refractivity contribution is -0.137. The number of aliphatic carboxylic acids is 1. The van der Waals surface area contributed by atoms with Crippen LogP contribution in [0.2, 0.25) is 0 Å². The van der Waals surface area contributed by atoms with Crippen LogP contribution in [0.3, 0.4) is 0 Å². The van der Waals surface area contributed by atoms with E-state index >= 15 is 0 Å². The number of rotatable bonds is 3. The predicted octanol–water partition coefficient (Wildman–Crippen LogP) is 3.56. The minimum absolute atomic E-state index is 0.316. The van der Waals surface area contributed by atoms with E-state index in [4.69, 9.17) is 5.11 Å². The Bertz CT molecular complexity index is 254. The van der Waals surface area contributed by atoms with E-state index in [1.807, 2.05) is 6.92 Å². The molecule has 0 aromatic heterocycles. The van der Waals surface area contributed by atoms with Crippen molar-refractivity contribution in [2.24, 2.45) is 0 Å². The number of unbranched alkanes of at least 4 members (excludes halogenated alkanes) is 1. The highest BCUT2D eigenvalue weighted by Crippen LogP contribution is 1.99. The average molecular weight is 208 g/mol. The lowest BCUT2D eigenvalue weighted by atomic mass is 10.2. The van der Waals surface area contributed by atoms with Gasteiger partial charge in [0.2, 0.25) is 0 Å². The third-order valence-electron chi connectivity index (χ3n) is 1.96. The second-order valence-corrected chi connectivity index (χ2v) is 3.65. The van der Waals surface area contributed by atoms with Crippen LogP contribution in [-0.2, 0) is 4.79 Å². The van der Waals surface area contributed by atoms with E-state index in [0.29, 0.717) is 6.42 Å². The van der Waals surface area contributed by atoms with Crippen LogP contribution >= 0.6 is 0 Å². The monoisotopic (exact) mass is 208 g/mol. The Morgan fingerprint density at radius 3 is 1.73 bits per heavy atom. The SMILES string of the molecule is CCCCC(=O)O.Cc1ccc(C)cc1. The van der Waals surface area contributed by atoms with Crippen molar-refractivity contribution in [3.63, 3.8) is 0 Å². The molecule has 0 bridgehead atoms. The Morgan fingerprint density at radius 1 is 1.13 bits per heavy atom. The summed E-state index contributed by atoms with van der Waals surface area (Å²) in [6.07, 6.45) is 2.08. The number of carboxylic acids is 1. The van der Waals surface area contributed by atoms with Crippen molar-refractivity contribution in [2.45, 2.75) is 40.0 Å². The Kier molecular flexibility index (Phi) is 7.33. The van der Waals surface area contributed by atoms with E-state index in [1.54, 1.807) is 0 Å². The van der Waals surface area contributed by atoms with Crippen molar-refractivity contribution in [3.8, 4) is 0 Å². The molecule has 0 aliphatic carbocycles. The molecule has 0 saturated heterocycles. The van der Waals surface area contributed by atoms with Gasteiger partial charge in [0.05, 0.1) is 0 Å². The lowest BCUT2D eigenvalue weighted by Crippen LogP contribution is -1.91. The van der Waals surface area contributed by atoms with Crippen LogP contribution in [0, 0.1) is 13.8 Å². The maximum atomic E-state index is 9.76. The zero-order valence-electron chi connectivity index (χ0n) is 9.79. The molecule has 0 fully saturated rings. The summed E-state index contributed by atoms with van der Waals surface area (Å²) in [6, 6.07) is 8.48. The highest BCUT2D eigenvalue weighted by molar-refractivity contribution is 5.66. The number of benzene rings is 1. The second kappa shape index (κ2) is 8.04. The molecule has 0 spiro atoms. The molecule has 84 valence electrons. The minimum atomic E-state index is -0.693. The van der Waals surface area contributed by atoms with Crippen LogP contribution in [0.15, 0.2) is 24.3 Å². The van der Waals surface area contributed by atoms with Crippen molar-refractivity contribution in [2.75, 3.05) is 0 Å². The van der Waals surface area contributed by atoms with Crippen molar-refractivity contribution >= 4 is 5.97 Å². The normalized spacial score (nSPS) is 9.00. The molecule has 2 heteroatoms. The van der Waals surface area contributed by atoms with E-state index in [9.17, 15) is 4.79 Å². The molecule has 15 heavy (non-hydrogen) atoms. The van der Waals surface area contributed by atoms with Crippen LogP contribution in [0.25, 0.3) is 0 Å². The predicted molar refractivity (Wildman–Crippen MR) is 63.1 cm³/mol. The standard InChI is InChI=1S/C8H10.C5H10O2/c1-7-3-5-8(2)6-4-7;1-2-3-4-5(6)7/h3-6H,1-2H3;2-4H2,1H3,(H,6,7). The van der Waals surface area contributed by atoms with Gasteiger partial charge in [0.15, 0.2) is 0 Å². The summed E-state index contributed by atoms with van der Waals surface area (Å²) >= 11 is 0. The van der Waals surface area contributed by atoms with E-state index in [0.717, 1.165) is 12.8 Å². The summed E-state index contributed by atoms with van der Waals surface area (Å²) in [4.78, 5) is 9.76. The first-order valence-corrected chi connectivity index (χ1v) is 5.31. The van der Waals surface area contributed by atoms with Gasteiger partial charge in [-0.2, -0.15) is 0 Å². The van der Waals surface area contributed by atoms with Crippen molar-refractivity contribution in [1.29, 1.82) is 0 Å². The van der Waals surface area contributed by atoms with Crippen molar-refractivity contribution in [3.05, 3.63) is 35.4 Å². The summed E-state index contributed by atoms with van der Waals surface area (Å²) in [7, 11) is 0. The van der Waals surface area contributed by atoms with Gasteiger partial charge in [-0.05, 0) is 20.3 Å². The van der Waals surface area contributed by atoms with Crippen LogP contribution in [-0.4, -0.2) is 11.1 Å². The molecule has 0 radical (unpaired) electrons. The fraction of sp³-hybridized carbons (Fsp3) is 0.462. The van der Waals surface area contributed by atoms with Gasteiger partial charge in [0.1, 0.15) is 0 Å². The Balaban J connectivity index is 0.000000265. The van der Waals surface area contributed by atoms with Crippen LogP contribution < -0.4 is 0 Å². The Labute approximate surface area is 91.9 Å². The summed E-state index contributed by atoms with van der Waals surface area (Å²) in [5, 5.41) is 8.04. The highest BCUT2D eigenvalue weighted by atomic mass is 16.4. The summed E-state index contributed by atoms with van der Waals surface area (Å²) in [5.74, 6) is -0.693. The zero-order valence-corrected chi connectivity index (χ0v) is 9.79. The smallest absolute Gasteiger partial charge is 0.303 e. The maximum absolute atomic E-state index is 9.76. The fourth-order valence-corrected chi connectivity index (χ4v) is 0.965. The molecule has 0 heterocycles. The van der Waals surface area contributed by atoms with Crippen LogP contribution in [0.1, 0.15) is 37.3 Å². The third kappa shape index (κ3) is 9.01. The van der Waals surface area contributed by atoms with Gasteiger partial charge < -0.3 is 5.11 Å². The second-order valence-electron chi connectivity index (χ2n) is 3.65.